The Hall–Kier alpha value is -2.54. The molecular formula is C28H29Cl2FN2O2S. The smallest absolute Gasteiger partial charge is 0.243 e. The molecule has 1 atom stereocenters. The molecule has 190 valence electrons. The zero-order valence-electron chi connectivity index (χ0n) is 20.1. The number of hydrogen-bond donors (Lipinski definition) is 1. The molecule has 3 aromatic rings. The summed E-state index contributed by atoms with van der Waals surface area (Å²) in [6.07, 6.45) is 1.15. The van der Waals surface area contributed by atoms with Crippen LogP contribution >= 0.6 is 35.0 Å². The molecule has 0 spiro atoms. The Labute approximate surface area is 226 Å². The fourth-order valence-corrected chi connectivity index (χ4v) is 5.21. The van der Waals surface area contributed by atoms with Crippen LogP contribution in [0, 0.1) is 5.82 Å². The maximum absolute atomic E-state index is 14.2. The highest BCUT2D eigenvalue weighted by atomic mass is 35.5. The normalized spacial score (nSPS) is 11.7. The lowest BCUT2D eigenvalue weighted by molar-refractivity contribution is -0.139. The van der Waals surface area contributed by atoms with E-state index >= 15 is 0 Å². The molecule has 0 radical (unpaired) electrons. The number of hydrogen-bond acceptors (Lipinski definition) is 3. The van der Waals surface area contributed by atoms with Crippen LogP contribution in [0.25, 0.3) is 0 Å². The van der Waals surface area contributed by atoms with Crippen molar-refractivity contribution in [3.63, 3.8) is 0 Å². The summed E-state index contributed by atoms with van der Waals surface area (Å²) in [5.74, 6) is -0.525. The van der Waals surface area contributed by atoms with E-state index in [2.05, 4.69) is 5.32 Å². The average Bonchev–Trinajstić information content (AvgIpc) is 2.87. The van der Waals surface area contributed by atoms with Gasteiger partial charge in [0.15, 0.2) is 0 Å². The highest BCUT2D eigenvalue weighted by molar-refractivity contribution is 7.99. The van der Waals surface area contributed by atoms with Gasteiger partial charge in [-0.25, -0.2) is 4.39 Å². The second-order valence-corrected chi connectivity index (χ2v) is 10.2. The van der Waals surface area contributed by atoms with Crippen molar-refractivity contribution < 1.29 is 14.0 Å². The minimum atomic E-state index is -0.719. The Morgan fingerprint density at radius 1 is 1.00 bits per heavy atom. The van der Waals surface area contributed by atoms with E-state index < -0.39 is 11.9 Å². The van der Waals surface area contributed by atoms with E-state index in [9.17, 15) is 14.0 Å². The summed E-state index contributed by atoms with van der Waals surface area (Å²) < 4.78 is 14.2. The molecular weight excluding hydrogens is 518 g/mol. The highest BCUT2D eigenvalue weighted by Gasteiger charge is 2.30. The maximum atomic E-state index is 14.2. The third kappa shape index (κ3) is 8.26. The van der Waals surface area contributed by atoms with Gasteiger partial charge in [0.25, 0.3) is 0 Å². The third-order valence-electron chi connectivity index (χ3n) is 5.60. The molecule has 3 rings (SSSR count). The van der Waals surface area contributed by atoms with Crippen LogP contribution in [0.3, 0.4) is 0 Å². The SMILES string of the molecule is CCCNC(=O)[C@@H](Cc1ccccc1)N(Cc1cccc(Cl)c1)C(=O)CSCc1c(F)cccc1Cl. The number of amides is 2. The predicted octanol–water partition coefficient (Wildman–Crippen LogP) is 6.53. The van der Waals surface area contributed by atoms with Crippen molar-refractivity contribution in [3.8, 4) is 0 Å². The van der Waals surface area contributed by atoms with Crippen molar-refractivity contribution in [2.75, 3.05) is 12.3 Å². The molecule has 0 aliphatic heterocycles. The maximum Gasteiger partial charge on any atom is 0.243 e. The largest absolute Gasteiger partial charge is 0.354 e. The summed E-state index contributed by atoms with van der Waals surface area (Å²) in [6.45, 7) is 2.72. The zero-order valence-corrected chi connectivity index (χ0v) is 22.4. The molecule has 0 heterocycles. The number of nitrogens with one attached hydrogen (secondary N) is 1. The minimum Gasteiger partial charge on any atom is -0.354 e. The molecule has 36 heavy (non-hydrogen) atoms. The molecule has 0 bridgehead atoms. The van der Waals surface area contributed by atoms with Crippen LogP contribution in [0.15, 0.2) is 72.8 Å². The summed E-state index contributed by atoms with van der Waals surface area (Å²) in [5, 5.41) is 3.83. The molecule has 4 nitrogen and oxygen atoms in total. The number of benzene rings is 3. The van der Waals surface area contributed by atoms with Crippen LogP contribution in [-0.2, 0) is 28.3 Å². The molecule has 3 aromatic carbocycles. The van der Waals surface area contributed by atoms with Gasteiger partial charge in [0.05, 0.1) is 5.75 Å². The molecule has 0 aliphatic rings. The van der Waals surface area contributed by atoms with Crippen LogP contribution < -0.4 is 5.32 Å². The summed E-state index contributed by atoms with van der Waals surface area (Å²) in [5.41, 5.74) is 2.13. The van der Waals surface area contributed by atoms with Crippen LogP contribution in [0.1, 0.15) is 30.0 Å². The molecule has 0 saturated heterocycles. The predicted molar refractivity (Wildman–Crippen MR) is 147 cm³/mol. The van der Waals surface area contributed by atoms with Gasteiger partial charge in [0, 0.05) is 40.9 Å². The molecule has 0 aliphatic carbocycles. The second kappa shape index (κ2) is 14.3. The number of thioether (sulfide) groups is 1. The molecule has 2 amide bonds. The van der Waals surface area contributed by atoms with E-state index in [0.29, 0.717) is 28.6 Å². The van der Waals surface area contributed by atoms with E-state index in [0.717, 1.165) is 17.5 Å². The lowest BCUT2D eigenvalue weighted by Crippen LogP contribution is -2.51. The number of carbonyl (C=O) groups excluding carboxylic acids is 2. The number of rotatable bonds is 12. The van der Waals surface area contributed by atoms with Gasteiger partial charge in [-0.1, -0.05) is 78.7 Å². The Kier molecular flexibility index (Phi) is 11.1. The molecule has 0 aromatic heterocycles. The topological polar surface area (TPSA) is 49.4 Å². The minimum absolute atomic E-state index is 0.0670. The van der Waals surface area contributed by atoms with Gasteiger partial charge < -0.3 is 10.2 Å². The van der Waals surface area contributed by atoms with E-state index in [1.807, 2.05) is 49.4 Å². The quantitative estimate of drug-likeness (QED) is 0.281. The highest BCUT2D eigenvalue weighted by Crippen LogP contribution is 2.25. The fourth-order valence-electron chi connectivity index (χ4n) is 3.75. The number of halogens is 3. The standard InChI is InChI=1S/C28H29Cl2FN2O2S/c1-2-14-32-28(35)26(16-20-8-4-3-5-9-20)33(17-21-10-6-11-22(29)15-21)27(34)19-36-18-23-24(30)12-7-13-25(23)31/h3-13,15,26H,2,14,16-19H2,1H3,(H,32,35)/t26-/m1/s1. The van der Waals surface area contributed by atoms with Gasteiger partial charge in [0.2, 0.25) is 11.8 Å². The first kappa shape index (κ1) is 28.0. The van der Waals surface area contributed by atoms with E-state index in [4.69, 9.17) is 23.2 Å². The van der Waals surface area contributed by atoms with Crippen molar-refractivity contribution in [3.05, 3.63) is 105 Å². The Morgan fingerprint density at radius 3 is 2.42 bits per heavy atom. The van der Waals surface area contributed by atoms with Crippen molar-refractivity contribution >= 4 is 46.8 Å². The van der Waals surface area contributed by atoms with E-state index in [1.165, 1.54) is 17.8 Å². The van der Waals surface area contributed by atoms with Crippen molar-refractivity contribution in [2.45, 2.75) is 38.1 Å². The molecule has 0 unspecified atom stereocenters. The molecule has 8 heteroatoms. The first-order chi connectivity index (χ1) is 17.4. The molecule has 0 fully saturated rings. The number of nitrogens with zero attached hydrogens (tertiary/aromatic N) is 1. The summed E-state index contributed by atoms with van der Waals surface area (Å²) in [7, 11) is 0. The fraction of sp³-hybridized carbons (Fsp3) is 0.286. The van der Waals surface area contributed by atoms with Crippen molar-refractivity contribution in [1.29, 1.82) is 0 Å². The van der Waals surface area contributed by atoms with E-state index in [1.54, 1.807) is 29.2 Å². The summed E-state index contributed by atoms with van der Waals surface area (Å²) >= 11 is 13.6. The van der Waals surface area contributed by atoms with Crippen molar-refractivity contribution in [2.24, 2.45) is 0 Å². The average molecular weight is 548 g/mol. The van der Waals surface area contributed by atoms with Crippen LogP contribution in [0.5, 0.6) is 0 Å². The molecule has 0 saturated carbocycles. The Morgan fingerprint density at radius 2 is 1.72 bits per heavy atom. The van der Waals surface area contributed by atoms with Gasteiger partial charge in [-0.2, -0.15) is 0 Å². The Balaban J connectivity index is 1.85. The lowest BCUT2D eigenvalue weighted by atomic mass is 10.0. The van der Waals surface area contributed by atoms with Crippen LogP contribution in [-0.4, -0.2) is 35.1 Å². The van der Waals surface area contributed by atoms with Gasteiger partial charge in [-0.05, 0) is 41.8 Å². The van der Waals surface area contributed by atoms with Crippen molar-refractivity contribution in [1.82, 2.24) is 10.2 Å². The Bertz CT molecular complexity index is 1140. The summed E-state index contributed by atoms with van der Waals surface area (Å²) in [4.78, 5) is 28.5. The third-order valence-corrected chi connectivity index (χ3v) is 7.13. The number of carbonyl (C=O) groups is 2. The van der Waals surface area contributed by atoms with Crippen LogP contribution in [0.2, 0.25) is 10.0 Å². The lowest BCUT2D eigenvalue weighted by Gasteiger charge is -2.31. The monoisotopic (exact) mass is 546 g/mol. The molecule has 1 N–H and O–H groups in total. The van der Waals surface area contributed by atoms with Gasteiger partial charge in [-0.15, -0.1) is 11.8 Å². The van der Waals surface area contributed by atoms with Gasteiger partial charge >= 0.3 is 0 Å². The summed E-state index contributed by atoms with van der Waals surface area (Å²) in [6, 6.07) is 20.7. The zero-order chi connectivity index (χ0) is 25.9. The first-order valence-corrected chi connectivity index (χ1v) is 13.7. The van der Waals surface area contributed by atoms with Gasteiger partial charge in [0.1, 0.15) is 11.9 Å². The second-order valence-electron chi connectivity index (χ2n) is 8.34. The van der Waals surface area contributed by atoms with E-state index in [-0.39, 0.29) is 29.9 Å². The van der Waals surface area contributed by atoms with Gasteiger partial charge in [-0.3, -0.25) is 9.59 Å². The van der Waals surface area contributed by atoms with Crippen LogP contribution in [0.4, 0.5) is 4.39 Å². The first-order valence-electron chi connectivity index (χ1n) is 11.7.